The zero-order valence-electron chi connectivity index (χ0n) is 9.48. The predicted molar refractivity (Wildman–Crippen MR) is 78.8 cm³/mol. The van der Waals surface area contributed by atoms with Gasteiger partial charge in [0.05, 0.1) is 9.92 Å². The first-order valence-corrected chi connectivity index (χ1v) is 8.45. The van der Waals surface area contributed by atoms with Crippen LogP contribution in [0.3, 0.4) is 0 Å². The molecule has 4 nitrogen and oxygen atoms in total. The van der Waals surface area contributed by atoms with Crippen LogP contribution in [-0.4, -0.2) is 13.4 Å². The van der Waals surface area contributed by atoms with E-state index in [-0.39, 0.29) is 26.0 Å². The predicted octanol–water partition coefficient (Wildman–Crippen LogP) is 4.76. The summed E-state index contributed by atoms with van der Waals surface area (Å²) in [6.45, 7) is 0. The third-order valence-corrected chi connectivity index (χ3v) is 4.18. The highest BCUT2D eigenvalue weighted by molar-refractivity contribution is 8.13. The fourth-order valence-electron chi connectivity index (χ4n) is 1.34. The van der Waals surface area contributed by atoms with Crippen molar-refractivity contribution in [3.05, 3.63) is 45.7 Å². The number of benzene rings is 1. The molecule has 0 radical (unpaired) electrons. The van der Waals surface area contributed by atoms with Crippen molar-refractivity contribution in [3.63, 3.8) is 0 Å². The summed E-state index contributed by atoms with van der Waals surface area (Å²) in [5, 5.41) is 0.392. The van der Waals surface area contributed by atoms with Crippen molar-refractivity contribution in [1.82, 2.24) is 4.98 Å². The van der Waals surface area contributed by atoms with Crippen molar-refractivity contribution < 1.29 is 13.2 Å². The van der Waals surface area contributed by atoms with Gasteiger partial charge in [-0.1, -0.05) is 34.8 Å². The Morgan fingerprint density at radius 3 is 2.10 bits per heavy atom. The number of hydrogen-bond donors (Lipinski definition) is 0. The van der Waals surface area contributed by atoms with Gasteiger partial charge in [0.2, 0.25) is 0 Å². The smallest absolute Gasteiger partial charge is 0.261 e. The van der Waals surface area contributed by atoms with Gasteiger partial charge in [-0.3, -0.25) is 0 Å². The third-order valence-electron chi connectivity index (χ3n) is 2.15. The minimum Gasteiger partial charge on any atom is -0.456 e. The summed E-state index contributed by atoms with van der Waals surface area (Å²) in [7, 11) is 1.37. The molecule has 0 saturated heterocycles. The van der Waals surface area contributed by atoms with Gasteiger partial charge in [-0.05, 0) is 18.2 Å². The summed E-state index contributed by atoms with van der Waals surface area (Å²) in [6, 6.07) is 6.71. The lowest BCUT2D eigenvalue weighted by Crippen LogP contribution is -1.92. The lowest BCUT2D eigenvalue weighted by Gasteiger charge is -2.08. The van der Waals surface area contributed by atoms with E-state index < -0.39 is 9.05 Å². The van der Waals surface area contributed by atoms with Gasteiger partial charge >= 0.3 is 0 Å². The summed E-state index contributed by atoms with van der Waals surface area (Å²) in [5.74, 6) is 0.549. The molecule has 0 N–H and O–H groups in total. The van der Waals surface area contributed by atoms with Gasteiger partial charge in [0, 0.05) is 22.8 Å². The molecule has 0 aliphatic rings. The second kappa shape index (κ2) is 5.95. The van der Waals surface area contributed by atoms with Crippen molar-refractivity contribution >= 4 is 54.5 Å². The maximum Gasteiger partial charge on any atom is 0.261 e. The third kappa shape index (κ3) is 3.90. The number of hydrogen-bond acceptors (Lipinski definition) is 4. The van der Waals surface area contributed by atoms with Crippen LogP contribution in [0.4, 0.5) is 0 Å². The van der Waals surface area contributed by atoms with E-state index in [1.807, 2.05) is 0 Å². The van der Waals surface area contributed by atoms with Gasteiger partial charge in [-0.15, -0.1) is 0 Å². The number of halogens is 4. The molecule has 106 valence electrons. The van der Waals surface area contributed by atoms with E-state index in [1.54, 1.807) is 0 Å². The molecule has 0 bridgehead atoms. The molecule has 9 heteroatoms. The van der Waals surface area contributed by atoms with E-state index in [0.717, 1.165) is 0 Å². The minimum atomic E-state index is -3.85. The fraction of sp³-hybridized carbons (Fsp3) is 0. The van der Waals surface area contributed by atoms with Gasteiger partial charge in [0.1, 0.15) is 21.8 Å². The Bertz CT molecular complexity index is 744. The quantitative estimate of drug-likeness (QED) is 0.575. The molecule has 0 atom stereocenters. The van der Waals surface area contributed by atoms with Crippen molar-refractivity contribution in [2.45, 2.75) is 4.90 Å². The first-order valence-electron chi connectivity index (χ1n) is 5.01. The highest BCUT2D eigenvalue weighted by atomic mass is 35.7. The zero-order valence-corrected chi connectivity index (χ0v) is 13.3. The molecular weight excluding hydrogens is 368 g/mol. The van der Waals surface area contributed by atoms with Crippen LogP contribution in [0, 0.1) is 0 Å². The second-order valence-corrected chi connectivity index (χ2v) is 7.33. The topological polar surface area (TPSA) is 56.3 Å². The lowest BCUT2D eigenvalue weighted by molar-refractivity contribution is 0.482. The Morgan fingerprint density at radius 1 is 1.00 bits per heavy atom. The summed E-state index contributed by atoms with van der Waals surface area (Å²) in [4.78, 5) is 3.64. The molecule has 0 unspecified atom stereocenters. The normalized spacial score (nSPS) is 11.4. The molecule has 20 heavy (non-hydrogen) atoms. The second-order valence-electron chi connectivity index (χ2n) is 3.58. The summed E-state index contributed by atoms with van der Waals surface area (Å²) >= 11 is 17.4. The van der Waals surface area contributed by atoms with Crippen LogP contribution in [-0.2, 0) is 9.05 Å². The number of pyridine rings is 1. The summed E-state index contributed by atoms with van der Waals surface area (Å²) in [5.41, 5.74) is 0. The molecule has 1 aromatic carbocycles. The highest BCUT2D eigenvalue weighted by Gasteiger charge is 2.13. The van der Waals surface area contributed by atoms with Gasteiger partial charge in [-0.2, -0.15) is 0 Å². The highest BCUT2D eigenvalue weighted by Crippen LogP contribution is 2.33. The van der Waals surface area contributed by atoms with Gasteiger partial charge in [0.15, 0.2) is 0 Å². The number of rotatable bonds is 3. The molecule has 1 aromatic heterocycles. The molecular formula is C11H5Cl4NO3S. The number of ether oxygens (including phenoxy) is 1. The van der Waals surface area contributed by atoms with Crippen LogP contribution in [0.1, 0.15) is 0 Å². The molecule has 0 amide bonds. The van der Waals surface area contributed by atoms with E-state index >= 15 is 0 Å². The van der Waals surface area contributed by atoms with Crippen molar-refractivity contribution in [2.75, 3.05) is 0 Å². The molecule has 2 aromatic rings. The van der Waals surface area contributed by atoms with Crippen LogP contribution in [0.25, 0.3) is 0 Å². The molecule has 0 aliphatic heterocycles. The maximum atomic E-state index is 11.2. The minimum absolute atomic E-state index is 0.0794. The average molecular weight is 373 g/mol. The molecule has 0 spiro atoms. The Hall–Kier alpha value is -0.720. The van der Waals surface area contributed by atoms with E-state index in [9.17, 15) is 8.42 Å². The van der Waals surface area contributed by atoms with Crippen LogP contribution in [0.5, 0.6) is 11.5 Å². The monoisotopic (exact) mass is 371 g/mol. The largest absolute Gasteiger partial charge is 0.456 e. The number of nitrogens with zero attached hydrogens (tertiary/aromatic N) is 1. The van der Waals surface area contributed by atoms with Crippen molar-refractivity contribution in [2.24, 2.45) is 0 Å². The van der Waals surface area contributed by atoms with Crippen molar-refractivity contribution in [1.29, 1.82) is 0 Å². The van der Waals surface area contributed by atoms with E-state index in [1.165, 1.54) is 30.3 Å². The van der Waals surface area contributed by atoms with E-state index in [2.05, 4.69) is 4.98 Å². The Morgan fingerprint density at radius 2 is 1.60 bits per heavy atom. The summed E-state index contributed by atoms with van der Waals surface area (Å²) in [6.07, 6.45) is 0. The molecule has 0 saturated carbocycles. The molecule has 0 aliphatic carbocycles. The van der Waals surface area contributed by atoms with Gasteiger partial charge in [-0.25, -0.2) is 13.4 Å². The lowest BCUT2D eigenvalue weighted by atomic mass is 10.3. The maximum absolute atomic E-state index is 11.2. The van der Waals surface area contributed by atoms with Crippen LogP contribution in [0.2, 0.25) is 15.3 Å². The Kier molecular flexibility index (Phi) is 4.66. The Balaban J connectivity index is 2.35. The summed E-state index contributed by atoms with van der Waals surface area (Å²) < 4.78 is 27.8. The molecule has 0 fully saturated rings. The molecule has 1 heterocycles. The Labute approximate surface area is 134 Å². The first-order chi connectivity index (χ1) is 9.25. The van der Waals surface area contributed by atoms with Crippen LogP contribution < -0.4 is 4.74 Å². The zero-order chi connectivity index (χ0) is 14.9. The van der Waals surface area contributed by atoms with Gasteiger partial charge in [0.25, 0.3) is 9.05 Å². The number of aromatic nitrogens is 1. The standard InChI is InChI=1S/C11H5Cl4NO3S/c12-8-5-7(20(15,17)18)1-2-9(8)19-6-3-10(13)16-11(14)4-6/h1-5H. The van der Waals surface area contributed by atoms with Crippen molar-refractivity contribution in [3.8, 4) is 11.5 Å². The SMILES string of the molecule is O=S(=O)(Cl)c1ccc(Oc2cc(Cl)nc(Cl)c2)c(Cl)c1. The van der Waals surface area contributed by atoms with Crippen LogP contribution >= 0.6 is 45.5 Å². The van der Waals surface area contributed by atoms with Gasteiger partial charge < -0.3 is 4.74 Å². The fourth-order valence-corrected chi connectivity index (χ4v) is 2.85. The first kappa shape index (κ1) is 15.7. The van der Waals surface area contributed by atoms with E-state index in [0.29, 0.717) is 5.75 Å². The molecule has 2 rings (SSSR count). The van der Waals surface area contributed by atoms with E-state index in [4.69, 9.17) is 50.2 Å². The average Bonchev–Trinajstić information content (AvgIpc) is 2.29. The van der Waals surface area contributed by atoms with Crippen LogP contribution in [0.15, 0.2) is 35.2 Å².